The molecule has 0 saturated carbocycles. The Labute approximate surface area is 148 Å². The van der Waals surface area contributed by atoms with E-state index in [-0.39, 0.29) is 17.1 Å². The minimum absolute atomic E-state index is 0.117. The van der Waals surface area contributed by atoms with Crippen molar-refractivity contribution in [2.75, 3.05) is 5.73 Å². The van der Waals surface area contributed by atoms with Gasteiger partial charge in [-0.3, -0.25) is 9.36 Å². The molecule has 1 aromatic carbocycles. The number of nitrogens with zero attached hydrogens (tertiary/aromatic N) is 3. The average Bonchev–Trinajstić information content (AvgIpc) is 3.08. The van der Waals surface area contributed by atoms with Crippen molar-refractivity contribution in [3.8, 4) is 11.4 Å². The molecule has 0 spiro atoms. The van der Waals surface area contributed by atoms with E-state index < -0.39 is 5.91 Å². The predicted molar refractivity (Wildman–Crippen MR) is 97.4 cm³/mol. The summed E-state index contributed by atoms with van der Waals surface area (Å²) in [5.41, 5.74) is 15.5. The van der Waals surface area contributed by atoms with E-state index in [4.69, 9.17) is 15.9 Å². The third-order valence-electron chi connectivity index (χ3n) is 4.57. The Morgan fingerprint density at radius 1 is 1.27 bits per heavy atom. The molecule has 3 aromatic heterocycles. The molecular formula is C18H17N5O3. The highest BCUT2D eigenvalue weighted by molar-refractivity contribution is 6.16. The first-order chi connectivity index (χ1) is 12.3. The van der Waals surface area contributed by atoms with Crippen molar-refractivity contribution in [1.29, 1.82) is 0 Å². The van der Waals surface area contributed by atoms with Crippen LogP contribution in [0.4, 0.5) is 5.82 Å². The predicted octanol–water partition coefficient (Wildman–Crippen LogP) is 2.48. The fraction of sp³-hybridized carbons (Fsp3) is 0.167. The molecule has 26 heavy (non-hydrogen) atoms. The molecule has 8 nitrogen and oxygen atoms in total. The van der Waals surface area contributed by atoms with Gasteiger partial charge < -0.3 is 21.0 Å². The van der Waals surface area contributed by atoms with Crippen LogP contribution in [0, 0.1) is 20.8 Å². The van der Waals surface area contributed by atoms with Gasteiger partial charge in [-0.25, -0.2) is 4.98 Å². The summed E-state index contributed by atoms with van der Waals surface area (Å²) < 4.78 is 7.41. The second-order valence-electron chi connectivity index (χ2n) is 6.24. The molecule has 0 radical (unpaired) electrons. The smallest absolute Gasteiger partial charge is 0.253 e. The monoisotopic (exact) mass is 351 g/mol. The highest BCUT2D eigenvalue weighted by Crippen LogP contribution is 2.38. The van der Waals surface area contributed by atoms with Gasteiger partial charge in [0, 0.05) is 24.1 Å². The molecule has 0 fully saturated rings. The van der Waals surface area contributed by atoms with Gasteiger partial charge in [-0.05, 0) is 25.5 Å². The Balaban J connectivity index is 2.30. The van der Waals surface area contributed by atoms with Gasteiger partial charge in [0.25, 0.3) is 5.91 Å². The second kappa shape index (κ2) is 5.22. The molecule has 8 heteroatoms. The molecule has 3 heterocycles. The first kappa shape index (κ1) is 15.9. The highest BCUT2D eigenvalue weighted by atomic mass is 16.3. The number of aromatic nitrogens is 3. The van der Waals surface area contributed by atoms with Gasteiger partial charge in [0.2, 0.25) is 5.65 Å². The van der Waals surface area contributed by atoms with E-state index in [1.807, 2.05) is 6.92 Å². The zero-order valence-electron chi connectivity index (χ0n) is 14.5. The number of phenols is 1. The van der Waals surface area contributed by atoms with Crippen LogP contribution in [0.5, 0.6) is 5.75 Å². The largest absolute Gasteiger partial charge is 0.508 e. The summed E-state index contributed by atoms with van der Waals surface area (Å²) in [4.78, 5) is 20.6. The van der Waals surface area contributed by atoms with Crippen LogP contribution in [0.2, 0.25) is 0 Å². The number of aryl methyl sites for hydroxylation is 2. The van der Waals surface area contributed by atoms with Gasteiger partial charge >= 0.3 is 0 Å². The van der Waals surface area contributed by atoms with Crippen molar-refractivity contribution in [3.63, 3.8) is 0 Å². The van der Waals surface area contributed by atoms with E-state index >= 15 is 0 Å². The Bertz CT molecular complexity index is 1220. The van der Waals surface area contributed by atoms with E-state index in [2.05, 4.69) is 9.97 Å². The van der Waals surface area contributed by atoms with Gasteiger partial charge in [-0.15, -0.1) is 0 Å². The Morgan fingerprint density at radius 3 is 2.69 bits per heavy atom. The van der Waals surface area contributed by atoms with Crippen LogP contribution in [-0.2, 0) is 0 Å². The number of pyridine rings is 1. The van der Waals surface area contributed by atoms with Gasteiger partial charge in [0.1, 0.15) is 17.1 Å². The summed E-state index contributed by atoms with van der Waals surface area (Å²) in [5.74, 6) is 0.0505. The van der Waals surface area contributed by atoms with E-state index in [1.165, 1.54) is 6.20 Å². The lowest BCUT2D eigenvalue weighted by molar-refractivity contribution is 0.100. The van der Waals surface area contributed by atoms with Crippen LogP contribution in [0.1, 0.15) is 27.4 Å². The number of phenolic OH excluding ortho intramolecular Hbond substituents is 1. The topological polar surface area (TPSA) is 133 Å². The number of oxazole rings is 1. The molecule has 0 aliphatic heterocycles. The SMILES string of the molecule is Cc1nc2ncc3c(C(N)=O)c(N)n(-c4c(C)ccc(O)c4C)c3c2o1. The van der Waals surface area contributed by atoms with Crippen molar-refractivity contribution in [2.24, 2.45) is 5.73 Å². The van der Waals surface area contributed by atoms with E-state index in [9.17, 15) is 9.90 Å². The number of benzene rings is 1. The van der Waals surface area contributed by atoms with Gasteiger partial charge in [0.05, 0.1) is 11.3 Å². The van der Waals surface area contributed by atoms with Gasteiger partial charge in [-0.2, -0.15) is 4.98 Å². The third kappa shape index (κ3) is 1.98. The summed E-state index contributed by atoms with van der Waals surface area (Å²) in [5, 5.41) is 10.7. The molecule has 132 valence electrons. The maximum atomic E-state index is 12.1. The van der Waals surface area contributed by atoms with Crippen LogP contribution in [-0.4, -0.2) is 25.5 Å². The van der Waals surface area contributed by atoms with Crippen LogP contribution in [0.15, 0.2) is 22.7 Å². The lowest BCUT2D eigenvalue weighted by Crippen LogP contribution is -2.14. The maximum absolute atomic E-state index is 12.1. The molecule has 0 unspecified atom stereocenters. The lowest BCUT2D eigenvalue weighted by atomic mass is 10.1. The summed E-state index contributed by atoms with van der Waals surface area (Å²) in [6.45, 7) is 5.38. The Hall–Kier alpha value is -3.55. The zero-order chi connectivity index (χ0) is 18.7. The van der Waals surface area contributed by atoms with Crippen LogP contribution < -0.4 is 11.5 Å². The zero-order valence-corrected chi connectivity index (χ0v) is 14.5. The molecule has 0 atom stereocenters. The van der Waals surface area contributed by atoms with Crippen molar-refractivity contribution >= 4 is 33.9 Å². The first-order valence-corrected chi connectivity index (χ1v) is 7.96. The van der Waals surface area contributed by atoms with Crippen molar-refractivity contribution in [3.05, 3.63) is 40.9 Å². The summed E-state index contributed by atoms with van der Waals surface area (Å²) in [6.07, 6.45) is 1.51. The average molecular weight is 351 g/mol. The van der Waals surface area contributed by atoms with Crippen LogP contribution in [0.3, 0.4) is 0 Å². The van der Waals surface area contributed by atoms with Crippen molar-refractivity contribution in [2.45, 2.75) is 20.8 Å². The standard InChI is InChI=1S/C18H17N5O3/c1-7-4-5-11(24)8(2)13(7)23-14-10(12(16(23)19)17(20)25)6-21-18-15(14)26-9(3)22-18/h4-6,24H,19H2,1-3H3,(H2,20,25). The molecule has 0 aliphatic rings. The van der Waals surface area contributed by atoms with Gasteiger partial charge in [-0.1, -0.05) is 6.07 Å². The highest BCUT2D eigenvalue weighted by Gasteiger charge is 2.26. The number of hydrogen-bond donors (Lipinski definition) is 3. The first-order valence-electron chi connectivity index (χ1n) is 7.96. The molecule has 4 rings (SSSR count). The fourth-order valence-electron chi connectivity index (χ4n) is 3.40. The molecule has 5 N–H and O–H groups in total. The van der Waals surface area contributed by atoms with Crippen LogP contribution >= 0.6 is 0 Å². The number of aromatic hydroxyl groups is 1. The minimum atomic E-state index is -0.668. The molecule has 4 aromatic rings. The maximum Gasteiger partial charge on any atom is 0.253 e. The van der Waals surface area contributed by atoms with Crippen molar-refractivity contribution < 1.29 is 14.3 Å². The van der Waals surface area contributed by atoms with E-state index in [1.54, 1.807) is 30.5 Å². The Morgan fingerprint density at radius 2 is 2.00 bits per heavy atom. The number of rotatable bonds is 2. The molecule has 0 bridgehead atoms. The quantitative estimate of drug-likeness (QED) is 0.508. The molecule has 0 saturated heterocycles. The number of carbonyl (C=O) groups is 1. The number of carbonyl (C=O) groups excluding carboxylic acids is 1. The van der Waals surface area contributed by atoms with Crippen LogP contribution in [0.25, 0.3) is 27.8 Å². The molecular weight excluding hydrogens is 334 g/mol. The van der Waals surface area contributed by atoms with E-state index in [0.29, 0.717) is 39.3 Å². The summed E-state index contributed by atoms with van der Waals surface area (Å²) in [6, 6.07) is 3.39. The molecule has 1 amide bonds. The summed E-state index contributed by atoms with van der Waals surface area (Å²) in [7, 11) is 0. The Kier molecular flexibility index (Phi) is 3.20. The number of nitrogen functional groups attached to an aromatic ring is 1. The number of primary amides is 1. The summed E-state index contributed by atoms with van der Waals surface area (Å²) >= 11 is 0. The van der Waals surface area contributed by atoms with Crippen molar-refractivity contribution in [1.82, 2.24) is 14.5 Å². The minimum Gasteiger partial charge on any atom is -0.508 e. The fourth-order valence-corrected chi connectivity index (χ4v) is 3.40. The second-order valence-corrected chi connectivity index (χ2v) is 6.24. The lowest BCUT2D eigenvalue weighted by Gasteiger charge is -2.15. The van der Waals surface area contributed by atoms with Gasteiger partial charge in [0.15, 0.2) is 11.5 Å². The van der Waals surface area contributed by atoms with E-state index in [0.717, 1.165) is 5.56 Å². The normalized spacial score (nSPS) is 11.5. The number of fused-ring (bicyclic) bond motifs is 3. The number of nitrogens with two attached hydrogens (primary N) is 2. The molecule has 0 aliphatic carbocycles. The number of anilines is 1. The number of hydrogen-bond acceptors (Lipinski definition) is 6. The third-order valence-corrected chi connectivity index (χ3v) is 4.57. The number of amides is 1.